The molecule has 2 rings (SSSR count). The first-order valence-electron chi connectivity index (χ1n) is 6.42. The van der Waals surface area contributed by atoms with E-state index in [1.807, 2.05) is 24.3 Å². The van der Waals surface area contributed by atoms with E-state index in [-0.39, 0.29) is 10.6 Å². The summed E-state index contributed by atoms with van der Waals surface area (Å²) in [6.45, 7) is 2.94. The van der Waals surface area contributed by atoms with Crippen LogP contribution in [0.15, 0.2) is 47.4 Å². The summed E-state index contributed by atoms with van der Waals surface area (Å²) in [6.07, 6.45) is 0. The molecular weight excluding hydrogens is 290 g/mol. The molecule has 0 radical (unpaired) electrons. The Kier molecular flexibility index (Phi) is 4.02. The van der Waals surface area contributed by atoms with Crippen LogP contribution in [0, 0.1) is 5.41 Å². The average Bonchev–Trinajstić information content (AvgIpc) is 2.44. The van der Waals surface area contributed by atoms with Crippen molar-refractivity contribution < 1.29 is 18.4 Å². The molecule has 0 aromatic heterocycles. The van der Waals surface area contributed by atoms with Crippen molar-refractivity contribution in [2.45, 2.75) is 18.7 Å². The first kappa shape index (κ1) is 15.5. The summed E-state index contributed by atoms with van der Waals surface area (Å²) in [6, 6.07) is 12.3. The van der Waals surface area contributed by atoms with Crippen LogP contribution in [0.3, 0.4) is 0 Å². The van der Waals surface area contributed by atoms with Crippen molar-refractivity contribution in [3.8, 4) is 0 Å². The van der Waals surface area contributed by atoms with Crippen LogP contribution in [0.2, 0.25) is 0 Å². The average molecular weight is 307 g/mol. The highest BCUT2D eigenvalue weighted by atomic mass is 32.2. The Morgan fingerprint density at radius 1 is 1.14 bits per heavy atom. The Balaban J connectivity index is 2.40. The predicted octanol–water partition coefficient (Wildman–Crippen LogP) is 2.15. The predicted molar refractivity (Wildman–Crippen MR) is 79.7 cm³/mol. The van der Waals surface area contributed by atoms with Gasteiger partial charge in [-0.3, -0.25) is 10.0 Å². The van der Waals surface area contributed by atoms with Gasteiger partial charge >= 0.3 is 0 Å². The molecule has 0 saturated carbocycles. The number of amides is 1. The molecule has 112 valence electrons. The summed E-state index contributed by atoms with van der Waals surface area (Å²) in [5, 5.41) is 10.5. The normalized spacial score (nSPS) is 12.3. The highest BCUT2D eigenvalue weighted by Crippen LogP contribution is 2.25. The number of carbonyl (C=O) groups excluding carboxylic acids is 1. The highest BCUT2D eigenvalue weighted by molar-refractivity contribution is 7.91. The molecule has 1 amide bonds. The molecular formula is C15H17NO4S. The zero-order valence-corrected chi connectivity index (χ0v) is 12.6. The third-order valence-electron chi connectivity index (χ3n) is 3.35. The standard InChI is InChI=1S/C15H17NO4S/c1-15(2,14(17)16-18)10-21(19,20)13-8-7-11-5-3-4-6-12(11)9-13/h3-9,18H,10H2,1-2H3,(H,16,17). The molecule has 0 unspecified atom stereocenters. The van der Waals surface area contributed by atoms with Gasteiger partial charge in [0.1, 0.15) is 0 Å². The van der Waals surface area contributed by atoms with E-state index in [4.69, 9.17) is 5.21 Å². The van der Waals surface area contributed by atoms with Crippen molar-refractivity contribution in [1.82, 2.24) is 5.48 Å². The minimum absolute atomic E-state index is 0.167. The van der Waals surface area contributed by atoms with Crippen molar-refractivity contribution in [2.24, 2.45) is 5.41 Å². The van der Waals surface area contributed by atoms with Gasteiger partial charge in [-0.2, -0.15) is 0 Å². The van der Waals surface area contributed by atoms with Gasteiger partial charge < -0.3 is 0 Å². The molecule has 0 bridgehead atoms. The topological polar surface area (TPSA) is 83.5 Å². The third-order valence-corrected chi connectivity index (χ3v) is 5.42. The van der Waals surface area contributed by atoms with E-state index in [1.165, 1.54) is 25.4 Å². The van der Waals surface area contributed by atoms with Gasteiger partial charge in [0.25, 0.3) is 0 Å². The van der Waals surface area contributed by atoms with Gasteiger partial charge in [-0.1, -0.05) is 30.3 Å². The van der Waals surface area contributed by atoms with Crippen LogP contribution >= 0.6 is 0 Å². The molecule has 0 spiro atoms. The number of fused-ring (bicyclic) bond motifs is 1. The van der Waals surface area contributed by atoms with Crippen molar-refractivity contribution in [1.29, 1.82) is 0 Å². The lowest BCUT2D eigenvalue weighted by atomic mass is 9.96. The van der Waals surface area contributed by atoms with Crippen LogP contribution in [0.1, 0.15) is 13.8 Å². The van der Waals surface area contributed by atoms with Crippen LogP contribution < -0.4 is 5.48 Å². The fraction of sp³-hybridized carbons (Fsp3) is 0.267. The molecule has 6 heteroatoms. The first-order chi connectivity index (χ1) is 9.76. The van der Waals surface area contributed by atoms with Gasteiger partial charge in [0, 0.05) is 0 Å². The molecule has 0 fully saturated rings. The summed E-state index contributed by atoms with van der Waals surface area (Å²) < 4.78 is 24.9. The maximum absolute atomic E-state index is 12.5. The van der Waals surface area contributed by atoms with Gasteiger partial charge in [0.15, 0.2) is 9.84 Å². The largest absolute Gasteiger partial charge is 0.289 e. The van der Waals surface area contributed by atoms with Crippen LogP contribution in [0.25, 0.3) is 10.8 Å². The Bertz CT molecular complexity index is 781. The van der Waals surface area contributed by atoms with E-state index in [0.717, 1.165) is 10.8 Å². The smallest absolute Gasteiger partial charge is 0.250 e. The number of hydrogen-bond donors (Lipinski definition) is 2. The van der Waals surface area contributed by atoms with E-state index in [0.29, 0.717) is 0 Å². The van der Waals surface area contributed by atoms with E-state index in [1.54, 1.807) is 12.1 Å². The molecule has 0 aliphatic heterocycles. The van der Waals surface area contributed by atoms with Gasteiger partial charge in [0.05, 0.1) is 16.1 Å². The van der Waals surface area contributed by atoms with Crippen LogP contribution in [0.5, 0.6) is 0 Å². The summed E-state index contributed by atoms with van der Waals surface area (Å²) in [5.41, 5.74) is 0.283. The lowest BCUT2D eigenvalue weighted by molar-refractivity contribution is -0.136. The minimum Gasteiger partial charge on any atom is -0.289 e. The molecule has 5 nitrogen and oxygen atoms in total. The van der Waals surface area contributed by atoms with Crippen LogP contribution in [0.4, 0.5) is 0 Å². The Morgan fingerprint density at radius 3 is 2.38 bits per heavy atom. The molecule has 2 aromatic carbocycles. The number of carbonyl (C=O) groups is 1. The van der Waals surface area contributed by atoms with E-state index >= 15 is 0 Å². The lowest BCUT2D eigenvalue weighted by Crippen LogP contribution is -2.40. The number of benzene rings is 2. The quantitative estimate of drug-likeness (QED) is 0.669. The Hall–Kier alpha value is -1.92. The van der Waals surface area contributed by atoms with E-state index < -0.39 is 21.2 Å². The molecule has 2 aromatic rings. The number of sulfone groups is 1. The van der Waals surface area contributed by atoms with Crippen molar-refractivity contribution >= 4 is 26.5 Å². The Morgan fingerprint density at radius 2 is 1.76 bits per heavy atom. The van der Waals surface area contributed by atoms with E-state index in [9.17, 15) is 13.2 Å². The van der Waals surface area contributed by atoms with Crippen molar-refractivity contribution in [2.75, 3.05) is 5.75 Å². The lowest BCUT2D eigenvalue weighted by Gasteiger charge is -2.21. The third kappa shape index (κ3) is 3.22. The van der Waals surface area contributed by atoms with Gasteiger partial charge in [-0.05, 0) is 36.8 Å². The van der Waals surface area contributed by atoms with Crippen molar-refractivity contribution in [3.05, 3.63) is 42.5 Å². The fourth-order valence-electron chi connectivity index (χ4n) is 2.14. The molecule has 0 atom stereocenters. The first-order valence-corrected chi connectivity index (χ1v) is 8.08. The second-order valence-corrected chi connectivity index (χ2v) is 7.58. The summed E-state index contributed by atoms with van der Waals surface area (Å²) in [5.74, 6) is -1.11. The van der Waals surface area contributed by atoms with Gasteiger partial charge in [-0.15, -0.1) is 0 Å². The van der Waals surface area contributed by atoms with Crippen LogP contribution in [-0.2, 0) is 14.6 Å². The number of hydroxylamine groups is 1. The molecule has 0 aliphatic carbocycles. The molecule has 0 heterocycles. The second-order valence-electron chi connectivity index (χ2n) is 5.59. The zero-order valence-electron chi connectivity index (χ0n) is 11.8. The second kappa shape index (κ2) is 5.46. The minimum atomic E-state index is -3.64. The molecule has 2 N–H and O–H groups in total. The van der Waals surface area contributed by atoms with Crippen molar-refractivity contribution in [3.63, 3.8) is 0 Å². The zero-order chi connectivity index (χ0) is 15.7. The SMILES string of the molecule is CC(C)(CS(=O)(=O)c1ccc2ccccc2c1)C(=O)NO. The maximum Gasteiger partial charge on any atom is 0.250 e. The number of hydrogen-bond acceptors (Lipinski definition) is 4. The van der Waals surface area contributed by atoms with Gasteiger partial charge in [0.2, 0.25) is 5.91 Å². The summed E-state index contributed by atoms with van der Waals surface area (Å²) in [7, 11) is -3.64. The number of nitrogens with one attached hydrogen (secondary N) is 1. The summed E-state index contributed by atoms with van der Waals surface area (Å²) in [4.78, 5) is 11.7. The highest BCUT2D eigenvalue weighted by Gasteiger charge is 2.34. The maximum atomic E-state index is 12.5. The fourth-order valence-corrected chi connectivity index (χ4v) is 3.97. The van der Waals surface area contributed by atoms with E-state index in [2.05, 4.69) is 0 Å². The molecule has 21 heavy (non-hydrogen) atoms. The summed E-state index contributed by atoms with van der Waals surface area (Å²) >= 11 is 0. The molecule has 0 saturated heterocycles. The van der Waals surface area contributed by atoms with Crippen LogP contribution in [-0.4, -0.2) is 25.3 Å². The Labute approximate surface area is 123 Å². The monoisotopic (exact) mass is 307 g/mol. The molecule has 0 aliphatic rings. The van der Waals surface area contributed by atoms with Gasteiger partial charge in [-0.25, -0.2) is 13.9 Å². The number of rotatable bonds is 4.